The lowest BCUT2D eigenvalue weighted by Gasteiger charge is -2.13. The summed E-state index contributed by atoms with van der Waals surface area (Å²) in [7, 11) is -2.12. The minimum atomic E-state index is -3.58. The lowest BCUT2D eigenvalue weighted by atomic mass is 10.5. The Morgan fingerprint density at radius 3 is 2.89 bits per heavy atom. The van der Waals surface area contributed by atoms with E-state index in [1.54, 1.807) is 4.68 Å². The van der Waals surface area contributed by atoms with Crippen molar-refractivity contribution in [2.24, 2.45) is 0 Å². The molecular weight excluding hydrogens is 270 g/mol. The lowest BCUT2D eigenvalue weighted by Crippen LogP contribution is -2.26. The molecule has 0 unspecified atom stereocenters. The molecule has 19 heavy (non-hydrogen) atoms. The van der Waals surface area contributed by atoms with Crippen molar-refractivity contribution in [2.45, 2.75) is 31.3 Å². The van der Waals surface area contributed by atoms with E-state index in [9.17, 15) is 8.42 Å². The van der Waals surface area contributed by atoms with Gasteiger partial charge < -0.3 is 4.52 Å². The third-order valence-electron chi connectivity index (χ3n) is 2.54. The Kier molecular flexibility index (Phi) is 3.96. The maximum absolute atomic E-state index is 12.3. The van der Waals surface area contributed by atoms with E-state index < -0.39 is 10.0 Å². The Balaban J connectivity index is 2.16. The Morgan fingerprint density at radius 1 is 1.47 bits per heavy atom. The molecule has 0 atom stereocenters. The van der Waals surface area contributed by atoms with Crippen molar-refractivity contribution in [1.82, 2.24) is 24.2 Å². The summed E-state index contributed by atoms with van der Waals surface area (Å²) in [5.41, 5.74) is 0. The predicted octanol–water partition coefficient (Wildman–Crippen LogP) is 0.497. The van der Waals surface area contributed by atoms with Crippen LogP contribution in [-0.4, -0.2) is 39.7 Å². The zero-order chi connectivity index (χ0) is 13.9. The molecule has 2 heterocycles. The van der Waals surface area contributed by atoms with Crippen LogP contribution in [0.15, 0.2) is 28.2 Å². The van der Waals surface area contributed by atoms with Gasteiger partial charge in [-0.1, -0.05) is 12.1 Å². The summed E-state index contributed by atoms with van der Waals surface area (Å²) >= 11 is 0. The minimum Gasteiger partial charge on any atom is -0.343 e. The van der Waals surface area contributed by atoms with Gasteiger partial charge in [0.1, 0.15) is 4.90 Å². The Bertz CT molecular complexity index is 619. The Hall–Kier alpha value is -1.74. The zero-order valence-corrected chi connectivity index (χ0v) is 11.5. The monoisotopic (exact) mass is 285 g/mol. The van der Waals surface area contributed by atoms with E-state index in [-0.39, 0.29) is 11.4 Å². The highest BCUT2D eigenvalue weighted by Crippen LogP contribution is 2.14. The Morgan fingerprint density at radius 2 is 2.26 bits per heavy atom. The van der Waals surface area contributed by atoms with E-state index in [1.165, 1.54) is 19.4 Å². The van der Waals surface area contributed by atoms with Gasteiger partial charge in [-0.3, -0.25) is 4.68 Å². The molecule has 9 heteroatoms. The van der Waals surface area contributed by atoms with Crippen LogP contribution in [0.5, 0.6) is 0 Å². The quantitative estimate of drug-likeness (QED) is 0.767. The predicted molar refractivity (Wildman–Crippen MR) is 65.5 cm³/mol. The molecule has 0 N–H and O–H groups in total. The maximum atomic E-state index is 12.3. The largest absolute Gasteiger partial charge is 0.343 e. The standard InChI is InChI=1S/C10H15N5O3S/c1-3-4-15-6-9(5-12-15)19(16,17)14(2)7-10-11-8-18-13-10/h5-6,8H,3-4,7H2,1-2H3. The normalized spacial score (nSPS) is 12.2. The van der Waals surface area contributed by atoms with Crippen molar-refractivity contribution >= 4 is 10.0 Å². The number of hydrogen-bond acceptors (Lipinski definition) is 6. The van der Waals surface area contributed by atoms with Crippen LogP contribution in [-0.2, 0) is 23.1 Å². The third kappa shape index (κ3) is 2.99. The molecule has 0 aromatic carbocycles. The fraction of sp³-hybridized carbons (Fsp3) is 0.500. The Labute approximate surface area is 111 Å². The average Bonchev–Trinajstić information content (AvgIpc) is 3.00. The second kappa shape index (κ2) is 5.49. The number of nitrogens with zero attached hydrogens (tertiary/aromatic N) is 5. The number of sulfonamides is 1. The molecule has 0 saturated heterocycles. The highest BCUT2D eigenvalue weighted by molar-refractivity contribution is 7.89. The van der Waals surface area contributed by atoms with E-state index in [4.69, 9.17) is 0 Å². The summed E-state index contributed by atoms with van der Waals surface area (Å²) in [4.78, 5) is 3.95. The van der Waals surface area contributed by atoms with Crippen molar-refractivity contribution in [2.75, 3.05) is 7.05 Å². The molecule has 0 amide bonds. The van der Waals surface area contributed by atoms with Crippen LogP contribution in [0.3, 0.4) is 0 Å². The summed E-state index contributed by atoms with van der Waals surface area (Å²) in [6.45, 7) is 2.74. The smallest absolute Gasteiger partial charge is 0.246 e. The second-order valence-electron chi connectivity index (χ2n) is 4.05. The van der Waals surface area contributed by atoms with E-state index in [0.29, 0.717) is 12.4 Å². The van der Waals surface area contributed by atoms with Gasteiger partial charge in [-0.05, 0) is 6.42 Å². The number of aryl methyl sites for hydroxylation is 1. The first-order valence-electron chi connectivity index (χ1n) is 5.78. The van der Waals surface area contributed by atoms with Gasteiger partial charge in [0.05, 0.1) is 12.7 Å². The average molecular weight is 285 g/mol. The highest BCUT2D eigenvalue weighted by atomic mass is 32.2. The first-order chi connectivity index (χ1) is 9.04. The molecule has 0 saturated carbocycles. The van der Waals surface area contributed by atoms with E-state index in [1.807, 2.05) is 6.92 Å². The van der Waals surface area contributed by atoms with Crippen LogP contribution in [0, 0.1) is 0 Å². The third-order valence-corrected chi connectivity index (χ3v) is 4.30. The molecular formula is C10H15N5O3S. The molecule has 0 aliphatic rings. The summed E-state index contributed by atoms with van der Waals surface area (Å²) in [6, 6.07) is 0. The van der Waals surface area contributed by atoms with Gasteiger partial charge in [0.25, 0.3) is 0 Å². The van der Waals surface area contributed by atoms with Crippen molar-refractivity contribution < 1.29 is 12.9 Å². The van der Waals surface area contributed by atoms with Gasteiger partial charge in [0, 0.05) is 19.8 Å². The van der Waals surface area contributed by atoms with Crippen LogP contribution < -0.4 is 0 Å². The number of rotatable bonds is 6. The summed E-state index contributed by atoms with van der Waals surface area (Å²) in [5.74, 6) is 0.312. The number of aromatic nitrogens is 4. The molecule has 2 aromatic heterocycles. The van der Waals surface area contributed by atoms with Gasteiger partial charge in [0.2, 0.25) is 16.4 Å². The van der Waals surface area contributed by atoms with E-state index in [0.717, 1.165) is 17.1 Å². The first kappa shape index (κ1) is 13.7. The van der Waals surface area contributed by atoms with Gasteiger partial charge in [-0.15, -0.1) is 0 Å². The van der Waals surface area contributed by atoms with Gasteiger partial charge in [-0.2, -0.15) is 14.4 Å². The molecule has 0 spiro atoms. The second-order valence-corrected chi connectivity index (χ2v) is 6.09. The van der Waals surface area contributed by atoms with Crippen molar-refractivity contribution in [1.29, 1.82) is 0 Å². The van der Waals surface area contributed by atoms with Crippen LogP contribution in [0.4, 0.5) is 0 Å². The first-order valence-corrected chi connectivity index (χ1v) is 7.22. The van der Waals surface area contributed by atoms with Crippen LogP contribution in [0.1, 0.15) is 19.2 Å². The summed E-state index contributed by atoms with van der Waals surface area (Å²) in [6.07, 6.45) is 4.91. The van der Waals surface area contributed by atoms with Crippen molar-refractivity contribution in [3.63, 3.8) is 0 Å². The van der Waals surface area contributed by atoms with Crippen molar-refractivity contribution in [3.8, 4) is 0 Å². The van der Waals surface area contributed by atoms with Crippen LogP contribution >= 0.6 is 0 Å². The zero-order valence-electron chi connectivity index (χ0n) is 10.7. The van der Waals surface area contributed by atoms with Gasteiger partial charge in [0.15, 0.2) is 5.82 Å². The minimum absolute atomic E-state index is 0.0534. The molecule has 0 aliphatic heterocycles. The topological polar surface area (TPSA) is 94.1 Å². The van der Waals surface area contributed by atoms with E-state index >= 15 is 0 Å². The molecule has 2 rings (SSSR count). The van der Waals surface area contributed by atoms with Gasteiger partial charge >= 0.3 is 0 Å². The molecule has 8 nitrogen and oxygen atoms in total. The van der Waals surface area contributed by atoms with E-state index in [2.05, 4.69) is 19.8 Å². The van der Waals surface area contributed by atoms with Gasteiger partial charge in [-0.25, -0.2) is 8.42 Å². The fourth-order valence-electron chi connectivity index (χ4n) is 1.56. The fourth-order valence-corrected chi connectivity index (χ4v) is 2.64. The molecule has 0 fully saturated rings. The molecule has 0 radical (unpaired) electrons. The molecule has 0 bridgehead atoms. The summed E-state index contributed by atoms with van der Waals surface area (Å²) in [5, 5.41) is 7.60. The lowest BCUT2D eigenvalue weighted by molar-refractivity contribution is 0.394. The molecule has 2 aromatic rings. The van der Waals surface area contributed by atoms with Crippen molar-refractivity contribution in [3.05, 3.63) is 24.6 Å². The number of hydrogen-bond donors (Lipinski definition) is 0. The van der Waals surface area contributed by atoms with Crippen LogP contribution in [0.25, 0.3) is 0 Å². The summed E-state index contributed by atoms with van der Waals surface area (Å²) < 4.78 is 31.9. The highest BCUT2D eigenvalue weighted by Gasteiger charge is 2.23. The SMILES string of the molecule is CCCn1cc(S(=O)(=O)N(C)Cc2ncon2)cn1. The molecule has 0 aliphatic carbocycles. The maximum Gasteiger partial charge on any atom is 0.246 e. The van der Waals surface area contributed by atoms with Crippen LogP contribution in [0.2, 0.25) is 0 Å². The molecule has 104 valence electrons.